The van der Waals surface area contributed by atoms with Gasteiger partial charge in [-0.3, -0.25) is 0 Å². The van der Waals surface area contributed by atoms with E-state index >= 15 is 0 Å². The van der Waals surface area contributed by atoms with Crippen LogP contribution in [0.25, 0.3) is 0 Å². The largest absolute Gasteiger partial charge is 0.374 e. The molecule has 0 aromatic rings. The molecule has 4 fully saturated rings. The lowest BCUT2D eigenvalue weighted by molar-refractivity contribution is -0.178. The van der Waals surface area contributed by atoms with Crippen molar-refractivity contribution in [3.63, 3.8) is 0 Å². The van der Waals surface area contributed by atoms with Gasteiger partial charge in [-0.2, -0.15) is 0 Å². The van der Waals surface area contributed by atoms with Gasteiger partial charge in [0, 0.05) is 18.3 Å². The zero-order chi connectivity index (χ0) is 17.0. The monoisotopic (exact) mass is 316 g/mol. The quantitative estimate of drug-likeness (QED) is 0.429. The fraction of sp³-hybridized carbons (Fsp3) is 0.773. The highest BCUT2D eigenvalue weighted by molar-refractivity contribution is 5.27. The molecule has 0 spiro atoms. The smallest absolute Gasteiger partial charge is 0.0675 e. The Bertz CT molecular complexity index is 469. The number of fused-ring (bicyclic) bond motifs is 2. The van der Waals surface area contributed by atoms with Crippen LogP contribution in [-0.4, -0.2) is 12.2 Å². The Morgan fingerprint density at radius 2 is 2.04 bits per heavy atom. The van der Waals surface area contributed by atoms with Gasteiger partial charge in [-0.1, -0.05) is 52.8 Å². The van der Waals surface area contributed by atoms with Crippen molar-refractivity contribution in [2.75, 3.05) is 0 Å². The first kappa shape index (κ1) is 18.6. The molecule has 130 valence electrons. The molecule has 4 unspecified atom stereocenters. The van der Waals surface area contributed by atoms with Crippen molar-refractivity contribution in [3.05, 3.63) is 29.5 Å². The predicted octanol–water partition coefficient (Wildman–Crippen LogP) is 6.45. The Morgan fingerprint density at radius 3 is 2.57 bits per heavy atom. The highest BCUT2D eigenvalue weighted by Gasteiger charge is 2.45. The number of rotatable bonds is 3. The SMILES string of the molecule is C=C=C(C1CC(C)(C)CC/C1=C\CC)C1CCC2CC1O2.CC. The minimum absolute atomic E-state index is 0.440. The fourth-order valence-electron chi connectivity index (χ4n) is 4.62. The van der Waals surface area contributed by atoms with Crippen LogP contribution in [0, 0.1) is 17.3 Å². The third-order valence-corrected chi connectivity index (χ3v) is 5.85. The summed E-state index contributed by atoms with van der Waals surface area (Å²) in [6.07, 6.45) is 12.2. The third kappa shape index (κ3) is 4.01. The number of ether oxygens (including phenoxy) is 1. The van der Waals surface area contributed by atoms with Crippen LogP contribution >= 0.6 is 0 Å². The Labute approximate surface area is 143 Å². The molecule has 0 radical (unpaired) electrons. The van der Waals surface area contributed by atoms with Gasteiger partial charge in [-0.15, -0.1) is 5.73 Å². The minimum atomic E-state index is 0.440. The lowest BCUT2D eigenvalue weighted by atomic mass is 9.63. The summed E-state index contributed by atoms with van der Waals surface area (Å²) in [7, 11) is 0. The van der Waals surface area contributed by atoms with E-state index in [1.165, 1.54) is 44.1 Å². The lowest BCUT2D eigenvalue weighted by Crippen LogP contribution is -2.49. The molecule has 2 aliphatic heterocycles. The van der Waals surface area contributed by atoms with Crippen LogP contribution in [0.15, 0.2) is 29.5 Å². The summed E-state index contributed by atoms with van der Waals surface area (Å²) in [4.78, 5) is 0. The van der Waals surface area contributed by atoms with E-state index in [1.807, 2.05) is 13.8 Å². The van der Waals surface area contributed by atoms with Crippen LogP contribution in [0.4, 0.5) is 0 Å². The summed E-state index contributed by atoms with van der Waals surface area (Å²) in [6, 6.07) is 0. The molecule has 2 bridgehead atoms. The first-order chi connectivity index (χ1) is 11.0. The van der Waals surface area contributed by atoms with Crippen molar-refractivity contribution in [2.45, 2.75) is 91.8 Å². The molecule has 0 N–H and O–H groups in total. The summed E-state index contributed by atoms with van der Waals surface area (Å²) in [5.41, 5.74) is 6.92. The van der Waals surface area contributed by atoms with E-state index < -0.39 is 0 Å². The molecule has 4 atom stereocenters. The molecule has 1 heteroatoms. The lowest BCUT2D eigenvalue weighted by Gasteiger charge is -2.49. The Morgan fingerprint density at radius 1 is 1.35 bits per heavy atom. The van der Waals surface area contributed by atoms with Crippen LogP contribution < -0.4 is 0 Å². The second-order valence-electron chi connectivity index (χ2n) is 7.96. The van der Waals surface area contributed by atoms with E-state index in [9.17, 15) is 0 Å². The maximum absolute atomic E-state index is 6.00. The highest BCUT2D eigenvalue weighted by atomic mass is 16.5. The summed E-state index contributed by atoms with van der Waals surface area (Å²) < 4.78 is 6.00. The van der Waals surface area contributed by atoms with E-state index in [1.54, 1.807) is 5.57 Å². The zero-order valence-electron chi connectivity index (χ0n) is 16.0. The maximum atomic E-state index is 6.00. The summed E-state index contributed by atoms with van der Waals surface area (Å²) in [5, 5.41) is 0. The number of hydrogen-bond acceptors (Lipinski definition) is 1. The van der Waals surface area contributed by atoms with E-state index in [4.69, 9.17) is 4.74 Å². The van der Waals surface area contributed by atoms with Crippen LogP contribution in [0.2, 0.25) is 0 Å². The van der Waals surface area contributed by atoms with Crippen LogP contribution in [0.1, 0.15) is 79.6 Å². The fourth-order valence-corrected chi connectivity index (χ4v) is 4.62. The maximum Gasteiger partial charge on any atom is 0.0675 e. The van der Waals surface area contributed by atoms with Crippen LogP contribution in [-0.2, 0) is 4.74 Å². The molecule has 2 saturated heterocycles. The summed E-state index contributed by atoms with van der Waals surface area (Å²) in [5.74, 6) is 1.14. The van der Waals surface area contributed by atoms with Gasteiger partial charge in [0.15, 0.2) is 0 Å². The first-order valence-electron chi connectivity index (χ1n) is 9.78. The molecular weight excluding hydrogens is 280 g/mol. The van der Waals surface area contributed by atoms with Gasteiger partial charge in [0.1, 0.15) is 0 Å². The Hall–Kier alpha value is -0.780. The molecule has 2 aliphatic carbocycles. The second kappa shape index (κ2) is 7.86. The third-order valence-electron chi connectivity index (χ3n) is 5.85. The van der Waals surface area contributed by atoms with Gasteiger partial charge in [0.2, 0.25) is 0 Å². The van der Waals surface area contributed by atoms with Gasteiger partial charge < -0.3 is 4.74 Å². The van der Waals surface area contributed by atoms with E-state index in [0.717, 1.165) is 6.42 Å². The molecule has 1 nitrogen and oxygen atoms in total. The molecule has 23 heavy (non-hydrogen) atoms. The van der Waals surface area contributed by atoms with Crippen LogP contribution in [0.5, 0.6) is 0 Å². The Kier molecular flexibility index (Phi) is 6.34. The molecule has 4 rings (SSSR count). The van der Waals surface area contributed by atoms with Crippen molar-refractivity contribution < 1.29 is 4.74 Å². The van der Waals surface area contributed by atoms with Gasteiger partial charge in [-0.05, 0) is 49.5 Å². The topological polar surface area (TPSA) is 9.23 Å². The van der Waals surface area contributed by atoms with E-state index in [-0.39, 0.29) is 0 Å². The molecule has 2 heterocycles. The van der Waals surface area contributed by atoms with Crippen molar-refractivity contribution in [2.24, 2.45) is 17.3 Å². The summed E-state index contributed by atoms with van der Waals surface area (Å²) in [6.45, 7) is 15.1. The minimum Gasteiger partial charge on any atom is -0.374 e. The van der Waals surface area contributed by atoms with Crippen LogP contribution in [0.3, 0.4) is 0 Å². The average Bonchev–Trinajstić information content (AvgIpc) is 2.52. The zero-order valence-corrected chi connectivity index (χ0v) is 16.0. The molecule has 2 saturated carbocycles. The van der Waals surface area contributed by atoms with Crippen molar-refractivity contribution in [1.29, 1.82) is 0 Å². The number of allylic oxidation sites excluding steroid dienone is 2. The van der Waals surface area contributed by atoms with Gasteiger partial charge >= 0.3 is 0 Å². The molecular formula is C22H36O. The number of hydrogen-bond donors (Lipinski definition) is 0. The Balaban J connectivity index is 0.000000924. The van der Waals surface area contributed by atoms with E-state index in [0.29, 0.717) is 29.5 Å². The standard InChI is InChI=1S/C20H30O.C2H6/c1-5-7-14-10-11-20(3,4)13-18(14)16(6-2)17-9-8-15-12-19(17)21-15;1-2/h7,15,17-19H,2,5,8-13H2,1,3-4H3;1-2H3/b14-7+;. The molecule has 0 aromatic heterocycles. The highest BCUT2D eigenvalue weighted by Crippen LogP contribution is 2.50. The van der Waals surface area contributed by atoms with Gasteiger partial charge in [0.05, 0.1) is 12.2 Å². The van der Waals surface area contributed by atoms with Crippen molar-refractivity contribution >= 4 is 0 Å². The van der Waals surface area contributed by atoms with Crippen molar-refractivity contribution in [1.82, 2.24) is 0 Å². The summed E-state index contributed by atoms with van der Waals surface area (Å²) >= 11 is 0. The van der Waals surface area contributed by atoms with Crippen molar-refractivity contribution in [3.8, 4) is 0 Å². The molecule has 0 aromatic carbocycles. The average molecular weight is 317 g/mol. The van der Waals surface area contributed by atoms with Gasteiger partial charge in [0.25, 0.3) is 0 Å². The molecule has 4 aliphatic rings. The van der Waals surface area contributed by atoms with E-state index in [2.05, 4.69) is 39.2 Å². The first-order valence-corrected chi connectivity index (χ1v) is 9.78. The second-order valence-corrected chi connectivity index (χ2v) is 7.96. The predicted molar refractivity (Wildman–Crippen MR) is 99.5 cm³/mol. The molecule has 0 amide bonds. The van der Waals surface area contributed by atoms with Gasteiger partial charge in [-0.25, -0.2) is 0 Å². The normalized spacial score (nSPS) is 36.3.